The summed E-state index contributed by atoms with van der Waals surface area (Å²) in [5.41, 5.74) is 0. The molecular weight excluding hydrogens is 176 g/mol. The minimum atomic E-state index is 0.859. The van der Waals surface area contributed by atoms with Gasteiger partial charge in [-0.15, -0.1) is 0 Å². The Morgan fingerprint density at radius 2 is 2.43 bits per heavy atom. The van der Waals surface area contributed by atoms with E-state index in [9.17, 15) is 0 Å². The van der Waals surface area contributed by atoms with Gasteiger partial charge in [-0.1, -0.05) is 0 Å². The van der Waals surface area contributed by atoms with Crippen molar-refractivity contribution < 1.29 is 0 Å². The van der Waals surface area contributed by atoms with Crippen LogP contribution in [0.25, 0.3) is 0 Å². The molecule has 0 spiro atoms. The van der Waals surface area contributed by atoms with Crippen molar-refractivity contribution in [3.05, 3.63) is 0 Å². The van der Waals surface area contributed by atoms with Gasteiger partial charge in [0, 0.05) is 13.1 Å². The predicted octanol–water partition coefficient (Wildman–Crippen LogP) is -0.0751. The molecule has 0 radical (unpaired) electrons. The van der Waals surface area contributed by atoms with E-state index in [4.69, 9.17) is 0 Å². The molecule has 14 heavy (non-hydrogen) atoms. The van der Waals surface area contributed by atoms with Crippen LogP contribution in [-0.4, -0.2) is 38.7 Å². The molecule has 1 unspecified atom stereocenters. The van der Waals surface area contributed by atoms with Gasteiger partial charge in [-0.25, -0.2) is 0 Å². The summed E-state index contributed by atoms with van der Waals surface area (Å²) in [5.74, 6) is 1.85. The first-order chi connectivity index (χ1) is 6.95. The van der Waals surface area contributed by atoms with Crippen molar-refractivity contribution in [1.82, 2.24) is 16.0 Å². The fourth-order valence-electron chi connectivity index (χ4n) is 2.08. The maximum atomic E-state index is 4.30. The van der Waals surface area contributed by atoms with Crippen molar-refractivity contribution in [1.29, 1.82) is 0 Å². The lowest BCUT2D eigenvalue weighted by Crippen LogP contribution is -2.37. The number of nitrogens with one attached hydrogen (secondary N) is 3. The molecule has 2 aliphatic heterocycles. The standard InChI is InChI=1S/C10H20N4/c1-2-9(8-11-4-1)3-5-12-10-13-6-7-14-10/h9,11H,1-8H2,(H2,12,13,14). The van der Waals surface area contributed by atoms with Gasteiger partial charge < -0.3 is 16.0 Å². The molecular formula is C10H20N4. The van der Waals surface area contributed by atoms with Crippen LogP contribution >= 0.6 is 0 Å². The highest BCUT2D eigenvalue weighted by Gasteiger charge is 2.12. The summed E-state index contributed by atoms with van der Waals surface area (Å²) in [4.78, 5) is 4.30. The van der Waals surface area contributed by atoms with Crippen LogP contribution in [-0.2, 0) is 0 Å². The quantitative estimate of drug-likeness (QED) is 0.592. The largest absolute Gasteiger partial charge is 0.356 e. The number of nitrogens with zero attached hydrogens (tertiary/aromatic N) is 1. The van der Waals surface area contributed by atoms with E-state index in [0.29, 0.717) is 0 Å². The SMILES string of the molecule is C1CNCC(CCNC2=NCCN2)C1. The van der Waals surface area contributed by atoms with Crippen molar-refractivity contribution >= 4 is 5.96 Å². The van der Waals surface area contributed by atoms with E-state index in [1.807, 2.05) is 0 Å². The lowest BCUT2D eigenvalue weighted by atomic mass is 9.96. The second-order valence-electron chi connectivity index (χ2n) is 4.08. The fourth-order valence-corrected chi connectivity index (χ4v) is 2.08. The third kappa shape index (κ3) is 2.87. The molecule has 0 amide bonds. The number of piperidine rings is 1. The van der Waals surface area contributed by atoms with Crippen LogP contribution < -0.4 is 16.0 Å². The Morgan fingerprint density at radius 3 is 3.14 bits per heavy atom. The van der Waals surface area contributed by atoms with Crippen LogP contribution in [0.5, 0.6) is 0 Å². The highest BCUT2D eigenvalue weighted by molar-refractivity contribution is 5.81. The van der Waals surface area contributed by atoms with Crippen LogP contribution in [0.4, 0.5) is 0 Å². The van der Waals surface area contributed by atoms with E-state index in [-0.39, 0.29) is 0 Å². The Hall–Kier alpha value is -0.770. The van der Waals surface area contributed by atoms with Crippen molar-refractivity contribution in [2.75, 3.05) is 32.7 Å². The van der Waals surface area contributed by atoms with Gasteiger partial charge in [0.05, 0.1) is 6.54 Å². The topological polar surface area (TPSA) is 48.5 Å². The molecule has 2 aliphatic rings. The zero-order valence-corrected chi connectivity index (χ0v) is 8.68. The van der Waals surface area contributed by atoms with Gasteiger partial charge in [-0.3, -0.25) is 4.99 Å². The Morgan fingerprint density at radius 1 is 1.43 bits per heavy atom. The lowest BCUT2D eigenvalue weighted by Gasteiger charge is -2.22. The van der Waals surface area contributed by atoms with Gasteiger partial charge in [-0.2, -0.15) is 0 Å². The Labute approximate surface area is 85.6 Å². The van der Waals surface area contributed by atoms with E-state index < -0.39 is 0 Å². The number of hydrogen-bond acceptors (Lipinski definition) is 4. The van der Waals surface area contributed by atoms with Crippen LogP contribution in [0.2, 0.25) is 0 Å². The average Bonchev–Trinajstić information content (AvgIpc) is 2.72. The van der Waals surface area contributed by atoms with E-state index in [1.165, 1.54) is 32.4 Å². The van der Waals surface area contributed by atoms with Crippen molar-refractivity contribution in [2.45, 2.75) is 19.3 Å². The molecule has 2 heterocycles. The summed E-state index contributed by atoms with van der Waals surface area (Å²) in [5, 5.41) is 10.00. The summed E-state index contributed by atoms with van der Waals surface area (Å²) in [6.45, 7) is 5.37. The first-order valence-electron chi connectivity index (χ1n) is 5.68. The molecule has 4 nitrogen and oxygen atoms in total. The van der Waals surface area contributed by atoms with Crippen LogP contribution in [0.15, 0.2) is 4.99 Å². The smallest absolute Gasteiger partial charge is 0.191 e. The van der Waals surface area contributed by atoms with E-state index >= 15 is 0 Å². The van der Waals surface area contributed by atoms with Gasteiger partial charge in [0.1, 0.15) is 0 Å². The zero-order chi connectivity index (χ0) is 9.64. The average molecular weight is 196 g/mol. The van der Waals surface area contributed by atoms with Crippen LogP contribution in [0.1, 0.15) is 19.3 Å². The summed E-state index contributed by atoms with van der Waals surface area (Å²) in [6, 6.07) is 0. The number of aliphatic imine (C=N–C) groups is 1. The molecule has 0 aliphatic carbocycles. The van der Waals surface area contributed by atoms with Gasteiger partial charge in [0.15, 0.2) is 5.96 Å². The minimum Gasteiger partial charge on any atom is -0.356 e. The van der Waals surface area contributed by atoms with Gasteiger partial charge >= 0.3 is 0 Å². The molecule has 80 valence electrons. The normalized spacial score (nSPS) is 26.9. The number of hydrogen-bond donors (Lipinski definition) is 3. The van der Waals surface area contributed by atoms with E-state index in [0.717, 1.165) is 31.5 Å². The Balaban J connectivity index is 1.57. The summed E-state index contributed by atoms with van der Waals surface area (Å²) >= 11 is 0. The number of rotatable bonds is 3. The molecule has 0 aromatic carbocycles. The van der Waals surface area contributed by atoms with Crippen LogP contribution in [0.3, 0.4) is 0 Å². The predicted molar refractivity (Wildman–Crippen MR) is 58.5 cm³/mol. The Kier molecular flexibility index (Phi) is 3.63. The minimum absolute atomic E-state index is 0.859. The molecule has 3 N–H and O–H groups in total. The molecule has 1 fully saturated rings. The lowest BCUT2D eigenvalue weighted by molar-refractivity contribution is 0.358. The molecule has 4 heteroatoms. The highest BCUT2D eigenvalue weighted by Crippen LogP contribution is 2.12. The molecule has 2 rings (SSSR count). The summed E-state index contributed by atoms with van der Waals surface area (Å²) < 4.78 is 0. The maximum absolute atomic E-state index is 4.30. The Bertz CT molecular complexity index is 196. The molecule has 0 saturated carbocycles. The second kappa shape index (κ2) is 5.20. The maximum Gasteiger partial charge on any atom is 0.191 e. The third-order valence-electron chi connectivity index (χ3n) is 2.92. The van der Waals surface area contributed by atoms with Crippen LogP contribution in [0, 0.1) is 5.92 Å². The molecule has 1 saturated heterocycles. The molecule has 1 atom stereocenters. The first-order valence-corrected chi connectivity index (χ1v) is 5.68. The highest BCUT2D eigenvalue weighted by atomic mass is 15.2. The zero-order valence-electron chi connectivity index (χ0n) is 8.68. The molecule has 0 aromatic heterocycles. The third-order valence-corrected chi connectivity index (χ3v) is 2.92. The summed E-state index contributed by atoms with van der Waals surface area (Å²) in [7, 11) is 0. The second-order valence-corrected chi connectivity index (χ2v) is 4.08. The van der Waals surface area contributed by atoms with Crippen molar-refractivity contribution in [2.24, 2.45) is 10.9 Å². The fraction of sp³-hybridized carbons (Fsp3) is 0.900. The monoisotopic (exact) mass is 196 g/mol. The first kappa shape index (κ1) is 9.77. The molecule has 0 bridgehead atoms. The summed E-state index contributed by atoms with van der Waals surface area (Å²) in [6.07, 6.45) is 3.98. The van der Waals surface area contributed by atoms with E-state index in [2.05, 4.69) is 20.9 Å². The van der Waals surface area contributed by atoms with Gasteiger partial charge in [-0.05, 0) is 38.3 Å². The van der Waals surface area contributed by atoms with Crippen molar-refractivity contribution in [3.63, 3.8) is 0 Å². The van der Waals surface area contributed by atoms with E-state index in [1.54, 1.807) is 0 Å². The van der Waals surface area contributed by atoms with Crippen molar-refractivity contribution in [3.8, 4) is 0 Å². The molecule has 0 aromatic rings. The van der Waals surface area contributed by atoms with Gasteiger partial charge in [0.25, 0.3) is 0 Å². The van der Waals surface area contributed by atoms with Gasteiger partial charge in [0.2, 0.25) is 0 Å². The number of guanidine groups is 1.